The summed E-state index contributed by atoms with van der Waals surface area (Å²) in [5.41, 5.74) is 0.958. The summed E-state index contributed by atoms with van der Waals surface area (Å²) in [6.45, 7) is 5.73. The van der Waals surface area contributed by atoms with Crippen LogP contribution >= 0.6 is 24.8 Å². The molecule has 0 aromatic heterocycles. The number of amides is 1. The summed E-state index contributed by atoms with van der Waals surface area (Å²) in [6, 6.07) is 9.78. The molecule has 0 radical (unpaired) electrons. The number of halogens is 2. The van der Waals surface area contributed by atoms with Crippen LogP contribution in [0.5, 0.6) is 0 Å². The minimum atomic E-state index is -0.457. The van der Waals surface area contributed by atoms with Crippen molar-refractivity contribution in [2.75, 3.05) is 45.8 Å². The monoisotopic (exact) mass is 389 g/mol. The van der Waals surface area contributed by atoms with Crippen LogP contribution in [0.2, 0.25) is 0 Å². The Morgan fingerprint density at radius 2 is 1.84 bits per heavy atom. The van der Waals surface area contributed by atoms with E-state index in [4.69, 9.17) is 0 Å². The molecule has 1 aromatic carbocycles. The predicted molar refractivity (Wildman–Crippen MR) is 105 cm³/mol. The SMILES string of the molecule is Cl.Cl.O=C(C1CCCNC1)N1CCN(CC(O)c2ccccc2)CC1. The number of carbonyl (C=O) groups excluding carboxylic acids is 1. The third kappa shape index (κ3) is 6.12. The number of β-amino-alcohol motifs (C(OH)–C–C–N with tert-alkyl or cyclic N) is 1. The average Bonchev–Trinajstić information content (AvgIpc) is 2.63. The van der Waals surface area contributed by atoms with Crippen molar-refractivity contribution in [2.45, 2.75) is 18.9 Å². The summed E-state index contributed by atoms with van der Waals surface area (Å²) < 4.78 is 0. The van der Waals surface area contributed by atoms with Crippen molar-refractivity contribution in [3.05, 3.63) is 35.9 Å². The van der Waals surface area contributed by atoms with E-state index < -0.39 is 6.10 Å². The van der Waals surface area contributed by atoms with Crippen LogP contribution in [-0.4, -0.2) is 66.6 Å². The highest BCUT2D eigenvalue weighted by Crippen LogP contribution is 2.17. The quantitative estimate of drug-likeness (QED) is 0.822. The van der Waals surface area contributed by atoms with Gasteiger partial charge in [-0.3, -0.25) is 9.69 Å². The van der Waals surface area contributed by atoms with Gasteiger partial charge in [0.15, 0.2) is 0 Å². The lowest BCUT2D eigenvalue weighted by atomic mass is 9.98. The zero-order valence-electron chi connectivity index (χ0n) is 14.5. The van der Waals surface area contributed by atoms with Crippen LogP contribution in [0.25, 0.3) is 0 Å². The van der Waals surface area contributed by atoms with Crippen LogP contribution in [-0.2, 0) is 4.79 Å². The van der Waals surface area contributed by atoms with Gasteiger partial charge >= 0.3 is 0 Å². The van der Waals surface area contributed by atoms with E-state index in [0.717, 1.165) is 57.7 Å². The second kappa shape index (κ2) is 11.0. The van der Waals surface area contributed by atoms with E-state index in [1.165, 1.54) is 0 Å². The molecular formula is C18H29Cl2N3O2. The van der Waals surface area contributed by atoms with E-state index in [2.05, 4.69) is 10.2 Å². The molecule has 2 unspecified atom stereocenters. The summed E-state index contributed by atoms with van der Waals surface area (Å²) in [7, 11) is 0. The van der Waals surface area contributed by atoms with Crippen molar-refractivity contribution in [2.24, 2.45) is 5.92 Å². The molecule has 2 N–H and O–H groups in total. The van der Waals surface area contributed by atoms with Crippen LogP contribution < -0.4 is 5.32 Å². The molecule has 0 aliphatic carbocycles. The molecule has 25 heavy (non-hydrogen) atoms. The third-order valence-corrected chi connectivity index (χ3v) is 4.95. The van der Waals surface area contributed by atoms with E-state index >= 15 is 0 Å². The number of hydrogen-bond acceptors (Lipinski definition) is 4. The van der Waals surface area contributed by atoms with E-state index in [-0.39, 0.29) is 30.7 Å². The lowest BCUT2D eigenvalue weighted by molar-refractivity contribution is -0.138. The van der Waals surface area contributed by atoms with Crippen molar-refractivity contribution < 1.29 is 9.90 Å². The Bertz CT molecular complexity index is 504. The molecule has 0 saturated carbocycles. The Kier molecular flexibility index (Phi) is 9.75. The van der Waals surface area contributed by atoms with E-state index in [0.29, 0.717) is 12.5 Å². The topological polar surface area (TPSA) is 55.8 Å². The van der Waals surface area contributed by atoms with Gasteiger partial charge in [-0.2, -0.15) is 0 Å². The van der Waals surface area contributed by atoms with Gasteiger partial charge in [-0.25, -0.2) is 0 Å². The summed E-state index contributed by atoms with van der Waals surface area (Å²) >= 11 is 0. The van der Waals surface area contributed by atoms with Gasteiger partial charge in [-0.1, -0.05) is 30.3 Å². The normalized spacial score (nSPS) is 22.4. The number of nitrogens with one attached hydrogen (secondary N) is 1. The Morgan fingerprint density at radius 3 is 2.44 bits per heavy atom. The van der Waals surface area contributed by atoms with Crippen molar-refractivity contribution in [3.8, 4) is 0 Å². The van der Waals surface area contributed by atoms with Crippen molar-refractivity contribution in [1.82, 2.24) is 15.1 Å². The Hall–Kier alpha value is -0.850. The molecule has 3 rings (SSSR count). The molecule has 7 heteroatoms. The maximum atomic E-state index is 12.5. The third-order valence-electron chi connectivity index (χ3n) is 4.95. The fraction of sp³-hybridized carbons (Fsp3) is 0.611. The van der Waals surface area contributed by atoms with Gasteiger partial charge < -0.3 is 15.3 Å². The number of rotatable bonds is 4. The first-order valence-electron chi connectivity index (χ1n) is 8.69. The number of aliphatic hydroxyl groups is 1. The van der Waals surface area contributed by atoms with Gasteiger partial charge in [0.2, 0.25) is 5.91 Å². The van der Waals surface area contributed by atoms with Gasteiger partial charge in [-0.15, -0.1) is 24.8 Å². The first-order chi connectivity index (χ1) is 11.2. The maximum Gasteiger partial charge on any atom is 0.227 e. The second-order valence-corrected chi connectivity index (χ2v) is 6.60. The second-order valence-electron chi connectivity index (χ2n) is 6.60. The highest BCUT2D eigenvalue weighted by atomic mass is 35.5. The number of aliphatic hydroxyl groups excluding tert-OH is 1. The molecule has 5 nitrogen and oxygen atoms in total. The molecule has 2 aliphatic rings. The minimum absolute atomic E-state index is 0. The average molecular weight is 390 g/mol. The first kappa shape index (κ1) is 22.2. The summed E-state index contributed by atoms with van der Waals surface area (Å²) in [4.78, 5) is 16.8. The fourth-order valence-electron chi connectivity index (χ4n) is 3.50. The number of piperazine rings is 1. The Morgan fingerprint density at radius 1 is 1.16 bits per heavy atom. The van der Waals surface area contributed by atoms with Crippen LogP contribution in [0.3, 0.4) is 0 Å². The lowest BCUT2D eigenvalue weighted by Crippen LogP contribution is -2.52. The molecule has 1 amide bonds. The molecule has 0 bridgehead atoms. The molecule has 142 valence electrons. The smallest absolute Gasteiger partial charge is 0.227 e. The van der Waals surface area contributed by atoms with Gasteiger partial charge in [0.25, 0.3) is 0 Å². The largest absolute Gasteiger partial charge is 0.387 e. The molecule has 2 atom stereocenters. The minimum Gasteiger partial charge on any atom is -0.387 e. The zero-order valence-corrected chi connectivity index (χ0v) is 16.1. The number of benzene rings is 1. The molecule has 0 spiro atoms. The number of hydrogen-bond donors (Lipinski definition) is 2. The first-order valence-corrected chi connectivity index (χ1v) is 8.69. The molecule has 2 aliphatic heterocycles. The van der Waals surface area contributed by atoms with E-state index in [1.54, 1.807) is 0 Å². The van der Waals surface area contributed by atoms with Crippen molar-refractivity contribution in [1.29, 1.82) is 0 Å². The highest BCUT2D eigenvalue weighted by Gasteiger charge is 2.28. The molecule has 2 heterocycles. The number of piperidine rings is 1. The Labute approximate surface area is 162 Å². The van der Waals surface area contributed by atoms with Crippen LogP contribution in [0, 0.1) is 5.92 Å². The predicted octanol–water partition coefficient (Wildman–Crippen LogP) is 1.71. The summed E-state index contributed by atoms with van der Waals surface area (Å²) in [5, 5.41) is 13.6. The van der Waals surface area contributed by atoms with Crippen LogP contribution in [0.4, 0.5) is 0 Å². The number of nitrogens with zero attached hydrogens (tertiary/aromatic N) is 2. The molecular weight excluding hydrogens is 361 g/mol. The van der Waals surface area contributed by atoms with E-state index in [1.807, 2.05) is 35.2 Å². The van der Waals surface area contributed by atoms with Crippen molar-refractivity contribution in [3.63, 3.8) is 0 Å². The molecule has 2 fully saturated rings. The Balaban J connectivity index is 0.00000156. The van der Waals surface area contributed by atoms with Gasteiger partial charge in [-0.05, 0) is 24.9 Å². The van der Waals surface area contributed by atoms with E-state index in [9.17, 15) is 9.90 Å². The van der Waals surface area contributed by atoms with Crippen molar-refractivity contribution >= 4 is 30.7 Å². The molecule has 1 aromatic rings. The lowest BCUT2D eigenvalue weighted by Gasteiger charge is -2.37. The van der Waals surface area contributed by atoms with Gasteiger partial charge in [0.05, 0.1) is 12.0 Å². The van der Waals surface area contributed by atoms with Crippen LogP contribution in [0.1, 0.15) is 24.5 Å². The van der Waals surface area contributed by atoms with Crippen LogP contribution in [0.15, 0.2) is 30.3 Å². The summed E-state index contributed by atoms with van der Waals surface area (Å²) in [5.74, 6) is 0.464. The molecule has 2 saturated heterocycles. The van der Waals surface area contributed by atoms with Gasteiger partial charge in [0, 0.05) is 39.3 Å². The standard InChI is InChI=1S/C18H27N3O2.2ClH/c22-17(15-5-2-1-3-6-15)14-20-9-11-21(12-10-20)18(23)16-7-4-8-19-13-16;;/h1-3,5-6,16-17,19,22H,4,7-14H2;2*1H. The number of carbonyl (C=O) groups is 1. The fourth-order valence-corrected chi connectivity index (χ4v) is 3.50. The zero-order chi connectivity index (χ0) is 16.1. The maximum absolute atomic E-state index is 12.5. The summed E-state index contributed by atoms with van der Waals surface area (Å²) in [6.07, 6.45) is 1.65. The highest BCUT2D eigenvalue weighted by molar-refractivity contribution is 5.85. The van der Waals surface area contributed by atoms with Gasteiger partial charge in [0.1, 0.15) is 0 Å².